The molecule has 9 heteroatoms. The second-order valence-electron chi connectivity index (χ2n) is 3.62. The molecular formula is C9H14N4O4S. The average Bonchev–Trinajstić information content (AvgIpc) is 2.24. The van der Waals surface area contributed by atoms with Gasteiger partial charge in [0.25, 0.3) is 5.69 Å². The van der Waals surface area contributed by atoms with E-state index in [1.165, 1.54) is 18.2 Å². The maximum atomic E-state index is 10.8. The summed E-state index contributed by atoms with van der Waals surface area (Å²) in [5.74, 6) is 0. The Morgan fingerprint density at radius 2 is 2.06 bits per heavy atom. The van der Waals surface area contributed by atoms with Crippen molar-refractivity contribution in [3.05, 3.63) is 28.3 Å². The second kappa shape index (κ2) is 5.65. The lowest BCUT2D eigenvalue weighted by atomic mass is 10.2. The maximum Gasteiger partial charge on any atom is 0.271 e. The zero-order valence-electron chi connectivity index (χ0n) is 9.71. The van der Waals surface area contributed by atoms with Gasteiger partial charge in [-0.1, -0.05) is 0 Å². The van der Waals surface area contributed by atoms with Gasteiger partial charge in [-0.25, -0.2) is 13.1 Å². The van der Waals surface area contributed by atoms with E-state index in [0.717, 1.165) is 6.26 Å². The number of hydrogen-bond donors (Lipinski definition) is 3. The highest BCUT2D eigenvalue weighted by atomic mass is 32.2. The molecule has 0 aromatic heterocycles. The average molecular weight is 274 g/mol. The molecule has 1 rings (SSSR count). The topological polar surface area (TPSA) is 127 Å². The summed E-state index contributed by atoms with van der Waals surface area (Å²) in [7, 11) is -3.22. The predicted molar refractivity (Wildman–Crippen MR) is 68.8 cm³/mol. The van der Waals surface area contributed by atoms with Gasteiger partial charge in [-0.15, -0.1) is 0 Å². The van der Waals surface area contributed by atoms with Crippen molar-refractivity contribution >= 4 is 27.1 Å². The van der Waals surface area contributed by atoms with Gasteiger partial charge in [0.1, 0.15) is 0 Å². The zero-order valence-corrected chi connectivity index (χ0v) is 10.5. The molecule has 0 aliphatic rings. The Balaban J connectivity index is 2.56. The fourth-order valence-corrected chi connectivity index (χ4v) is 1.73. The number of hydrogen-bond acceptors (Lipinski definition) is 6. The van der Waals surface area contributed by atoms with Gasteiger partial charge in [0.2, 0.25) is 10.0 Å². The van der Waals surface area contributed by atoms with E-state index < -0.39 is 14.9 Å². The molecule has 8 nitrogen and oxygen atoms in total. The van der Waals surface area contributed by atoms with Crippen molar-refractivity contribution in [3.8, 4) is 0 Å². The van der Waals surface area contributed by atoms with Gasteiger partial charge in [0, 0.05) is 25.2 Å². The number of benzene rings is 1. The monoisotopic (exact) mass is 274 g/mol. The first kappa shape index (κ1) is 14.2. The number of nitro benzene ring substituents is 1. The van der Waals surface area contributed by atoms with Crippen LogP contribution in [0.25, 0.3) is 0 Å². The standard InChI is InChI=1S/C9H14N4O4S/c1-18(16,17)12-5-4-11-9-3-2-7(13(14)15)6-8(9)10/h2-3,6,11-12H,4-5,10H2,1H3. The molecule has 0 unspecified atom stereocenters. The predicted octanol–water partition coefficient (Wildman–Crippen LogP) is 0.138. The summed E-state index contributed by atoms with van der Waals surface area (Å²) >= 11 is 0. The Kier molecular flexibility index (Phi) is 4.45. The highest BCUT2D eigenvalue weighted by Gasteiger charge is 2.08. The van der Waals surface area contributed by atoms with Crippen LogP contribution in [0.5, 0.6) is 0 Å². The second-order valence-corrected chi connectivity index (χ2v) is 5.45. The highest BCUT2D eigenvalue weighted by Crippen LogP contribution is 2.23. The van der Waals surface area contributed by atoms with E-state index in [4.69, 9.17) is 5.73 Å². The molecule has 0 amide bonds. The Morgan fingerprint density at radius 1 is 1.39 bits per heavy atom. The summed E-state index contributed by atoms with van der Waals surface area (Å²) in [5.41, 5.74) is 6.29. The van der Waals surface area contributed by atoms with Crippen LogP contribution in [0.15, 0.2) is 18.2 Å². The summed E-state index contributed by atoms with van der Waals surface area (Å²) in [6, 6.07) is 4.04. The van der Waals surface area contributed by atoms with Crippen LogP contribution in [0.4, 0.5) is 17.1 Å². The lowest BCUT2D eigenvalue weighted by Crippen LogP contribution is -2.27. The fraction of sp³-hybridized carbons (Fsp3) is 0.333. The molecule has 0 bridgehead atoms. The van der Waals surface area contributed by atoms with Gasteiger partial charge in [0.15, 0.2) is 0 Å². The minimum atomic E-state index is -3.22. The molecule has 100 valence electrons. The van der Waals surface area contributed by atoms with Crippen molar-refractivity contribution in [1.29, 1.82) is 0 Å². The van der Waals surface area contributed by atoms with Crippen LogP contribution in [0.2, 0.25) is 0 Å². The number of nitrogens with two attached hydrogens (primary N) is 1. The molecule has 0 aliphatic carbocycles. The van der Waals surface area contributed by atoms with E-state index in [1.54, 1.807) is 0 Å². The van der Waals surface area contributed by atoms with Crippen LogP contribution in [-0.2, 0) is 10.0 Å². The third-order valence-electron chi connectivity index (χ3n) is 2.05. The molecule has 0 saturated heterocycles. The third kappa shape index (κ3) is 4.55. The van der Waals surface area contributed by atoms with Crippen molar-refractivity contribution in [2.45, 2.75) is 0 Å². The van der Waals surface area contributed by atoms with Crippen molar-refractivity contribution < 1.29 is 13.3 Å². The molecule has 1 aromatic carbocycles. The molecule has 18 heavy (non-hydrogen) atoms. The van der Waals surface area contributed by atoms with E-state index >= 15 is 0 Å². The summed E-state index contributed by atoms with van der Waals surface area (Å²) in [6.07, 6.45) is 1.06. The van der Waals surface area contributed by atoms with Crippen molar-refractivity contribution in [2.75, 3.05) is 30.4 Å². The largest absolute Gasteiger partial charge is 0.397 e. The lowest BCUT2D eigenvalue weighted by Gasteiger charge is -2.09. The minimum absolute atomic E-state index is 0.0905. The van der Waals surface area contributed by atoms with Gasteiger partial charge < -0.3 is 11.1 Å². The van der Waals surface area contributed by atoms with Crippen LogP contribution in [-0.4, -0.2) is 32.7 Å². The van der Waals surface area contributed by atoms with Gasteiger partial charge in [0.05, 0.1) is 22.6 Å². The first-order valence-electron chi connectivity index (χ1n) is 5.02. The highest BCUT2D eigenvalue weighted by molar-refractivity contribution is 7.88. The molecule has 1 aromatic rings. The number of nitrogen functional groups attached to an aromatic ring is 1. The van der Waals surface area contributed by atoms with Crippen LogP contribution in [0.3, 0.4) is 0 Å². The van der Waals surface area contributed by atoms with E-state index in [2.05, 4.69) is 10.0 Å². The molecule has 0 fully saturated rings. The van der Waals surface area contributed by atoms with E-state index in [-0.39, 0.29) is 17.9 Å². The smallest absolute Gasteiger partial charge is 0.271 e. The number of non-ortho nitro benzene ring substituents is 1. The molecule has 0 radical (unpaired) electrons. The number of rotatable bonds is 6. The number of nitro groups is 1. The molecular weight excluding hydrogens is 260 g/mol. The summed E-state index contributed by atoms with van der Waals surface area (Å²) in [6.45, 7) is 0.532. The normalized spacial score (nSPS) is 11.2. The number of nitrogens with one attached hydrogen (secondary N) is 2. The molecule has 0 atom stereocenters. The molecule has 4 N–H and O–H groups in total. The molecule has 0 heterocycles. The first-order chi connectivity index (χ1) is 8.29. The van der Waals surface area contributed by atoms with E-state index in [9.17, 15) is 18.5 Å². The van der Waals surface area contributed by atoms with Crippen LogP contribution >= 0.6 is 0 Å². The summed E-state index contributed by atoms with van der Waals surface area (Å²) in [5, 5.41) is 13.4. The van der Waals surface area contributed by atoms with Crippen molar-refractivity contribution in [2.24, 2.45) is 0 Å². The van der Waals surface area contributed by atoms with Gasteiger partial charge in [-0.2, -0.15) is 0 Å². The van der Waals surface area contributed by atoms with E-state index in [1.807, 2.05) is 0 Å². The Labute approximate surface area is 104 Å². The van der Waals surface area contributed by atoms with Crippen LogP contribution < -0.4 is 15.8 Å². The number of sulfonamides is 1. The molecule has 0 saturated carbocycles. The zero-order chi connectivity index (χ0) is 13.8. The Bertz CT molecular complexity index is 543. The maximum absolute atomic E-state index is 10.8. The number of nitrogens with zero attached hydrogens (tertiary/aromatic N) is 1. The Morgan fingerprint density at radius 3 is 2.56 bits per heavy atom. The van der Waals surface area contributed by atoms with E-state index in [0.29, 0.717) is 12.2 Å². The van der Waals surface area contributed by atoms with Gasteiger partial charge in [-0.05, 0) is 6.07 Å². The van der Waals surface area contributed by atoms with Crippen molar-refractivity contribution in [1.82, 2.24) is 4.72 Å². The Hall–Kier alpha value is -1.87. The fourth-order valence-electron chi connectivity index (χ4n) is 1.26. The van der Waals surface area contributed by atoms with Gasteiger partial charge in [-0.3, -0.25) is 10.1 Å². The quantitative estimate of drug-likeness (QED) is 0.293. The number of anilines is 2. The minimum Gasteiger partial charge on any atom is -0.397 e. The first-order valence-corrected chi connectivity index (χ1v) is 6.91. The van der Waals surface area contributed by atoms with Crippen LogP contribution in [0.1, 0.15) is 0 Å². The SMILES string of the molecule is CS(=O)(=O)NCCNc1ccc([N+](=O)[O-])cc1N. The summed E-state index contributed by atoms with van der Waals surface area (Å²) in [4.78, 5) is 9.95. The van der Waals surface area contributed by atoms with Crippen LogP contribution in [0, 0.1) is 10.1 Å². The van der Waals surface area contributed by atoms with Crippen molar-refractivity contribution in [3.63, 3.8) is 0 Å². The summed E-state index contributed by atoms with van der Waals surface area (Å²) < 4.78 is 23.9. The molecule has 0 spiro atoms. The third-order valence-corrected chi connectivity index (χ3v) is 2.78. The molecule has 0 aliphatic heterocycles. The van der Waals surface area contributed by atoms with Gasteiger partial charge >= 0.3 is 0 Å². The lowest BCUT2D eigenvalue weighted by molar-refractivity contribution is -0.384.